The number of rotatable bonds is 6. The quantitative estimate of drug-likeness (QED) is 0.709. The number of aromatic nitrogens is 1. The molecule has 1 amide bonds. The SMILES string of the molecule is CCOc1ccc(NC(=O)c2[nH]c3c(c2C)C(=O)CCC3)cc1S(=O)(=O)N1CCCC1. The third-order valence-corrected chi connectivity index (χ3v) is 7.77. The number of carbonyl (C=O) groups excluding carboxylic acids is 2. The van der Waals surface area contributed by atoms with Gasteiger partial charge in [0.15, 0.2) is 5.78 Å². The number of H-pyrrole nitrogens is 1. The average molecular weight is 446 g/mol. The maximum atomic E-state index is 13.2. The number of nitrogens with one attached hydrogen (secondary N) is 2. The molecule has 0 unspecified atom stereocenters. The van der Waals surface area contributed by atoms with Crippen molar-refractivity contribution in [2.45, 2.75) is 50.8 Å². The zero-order valence-corrected chi connectivity index (χ0v) is 18.6. The van der Waals surface area contributed by atoms with Crippen LogP contribution >= 0.6 is 0 Å². The van der Waals surface area contributed by atoms with E-state index in [1.165, 1.54) is 10.4 Å². The van der Waals surface area contributed by atoms with Crippen LogP contribution < -0.4 is 10.1 Å². The molecule has 2 heterocycles. The van der Waals surface area contributed by atoms with E-state index in [-0.39, 0.29) is 16.4 Å². The number of hydrogen-bond donors (Lipinski definition) is 2. The van der Waals surface area contributed by atoms with E-state index in [9.17, 15) is 18.0 Å². The predicted molar refractivity (Wildman–Crippen MR) is 116 cm³/mol. The number of hydrogen-bond acceptors (Lipinski definition) is 5. The molecule has 2 aromatic rings. The third kappa shape index (κ3) is 3.99. The van der Waals surface area contributed by atoms with Gasteiger partial charge in [0.25, 0.3) is 5.91 Å². The van der Waals surface area contributed by atoms with Crippen molar-refractivity contribution in [3.8, 4) is 5.75 Å². The minimum absolute atomic E-state index is 0.0479. The first-order valence-corrected chi connectivity index (χ1v) is 12.1. The lowest BCUT2D eigenvalue weighted by atomic mass is 9.94. The van der Waals surface area contributed by atoms with Crippen LogP contribution in [0.5, 0.6) is 5.75 Å². The zero-order chi connectivity index (χ0) is 22.2. The average Bonchev–Trinajstić information content (AvgIpc) is 3.39. The first-order chi connectivity index (χ1) is 14.8. The maximum Gasteiger partial charge on any atom is 0.272 e. The van der Waals surface area contributed by atoms with Crippen molar-refractivity contribution in [3.63, 3.8) is 0 Å². The molecule has 8 nitrogen and oxygen atoms in total. The number of nitrogens with zero attached hydrogens (tertiary/aromatic N) is 1. The van der Waals surface area contributed by atoms with Gasteiger partial charge in [-0.2, -0.15) is 4.31 Å². The summed E-state index contributed by atoms with van der Waals surface area (Å²) in [4.78, 5) is 28.3. The second kappa shape index (κ2) is 8.47. The Morgan fingerprint density at radius 1 is 1.19 bits per heavy atom. The third-order valence-electron chi connectivity index (χ3n) is 5.85. The van der Waals surface area contributed by atoms with Gasteiger partial charge in [-0.15, -0.1) is 0 Å². The van der Waals surface area contributed by atoms with Gasteiger partial charge in [-0.3, -0.25) is 9.59 Å². The Morgan fingerprint density at radius 2 is 1.94 bits per heavy atom. The highest BCUT2D eigenvalue weighted by Crippen LogP contribution is 2.32. The van der Waals surface area contributed by atoms with Crippen molar-refractivity contribution >= 4 is 27.4 Å². The molecule has 2 N–H and O–H groups in total. The largest absolute Gasteiger partial charge is 0.492 e. The van der Waals surface area contributed by atoms with E-state index in [2.05, 4.69) is 10.3 Å². The number of carbonyl (C=O) groups is 2. The van der Waals surface area contributed by atoms with E-state index >= 15 is 0 Å². The summed E-state index contributed by atoms with van der Waals surface area (Å²) in [5, 5.41) is 2.78. The van der Waals surface area contributed by atoms with Gasteiger partial charge in [0.2, 0.25) is 10.0 Å². The van der Waals surface area contributed by atoms with Gasteiger partial charge in [0, 0.05) is 36.5 Å². The number of fused-ring (bicyclic) bond motifs is 1. The topological polar surface area (TPSA) is 109 Å². The van der Waals surface area contributed by atoms with Crippen molar-refractivity contribution in [2.24, 2.45) is 0 Å². The van der Waals surface area contributed by atoms with E-state index in [1.54, 1.807) is 26.0 Å². The summed E-state index contributed by atoms with van der Waals surface area (Å²) in [6, 6.07) is 4.63. The molecule has 0 bridgehead atoms. The number of aromatic amines is 1. The second-order valence-electron chi connectivity index (χ2n) is 7.92. The van der Waals surface area contributed by atoms with Crippen LogP contribution in [0, 0.1) is 6.92 Å². The van der Waals surface area contributed by atoms with Gasteiger partial charge in [0.05, 0.1) is 6.61 Å². The lowest BCUT2D eigenvalue weighted by Crippen LogP contribution is -2.28. The monoisotopic (exact) mass is 445 g/mol. The predicted octanol–water partition coefficient (Wildman–Crippen LogP) is 3.28. The number of aryl methyl sites for hydroxylation is 1. The molecule has 0 atom stereocenters. The Morgan fingerprint density at radius 3 is 2.61 bits per heavy atom. The Hall–Kier alpha value is -2.65. The van der Waals surface area contributed by atoms with Gasteiger partial charge < -0.3 is 15.0 Å². The fourth-order valence-corrected chi connectivity index (χ4v) is 6.00. The molecule has 1 saturated heterocycles. The van der Waals surface area contributed by atoms with E-state index in [1.807, 2.05) is 0 Å². The van der Waals surface area contributed by atoms with Crippen LogP contribution in [0.3, 0.4) is 0 Å². The van der Waals surface area contributed by atoms with E-state index < -0.39 is 15.9 Å². The van der Waals surface area contributed by atoms with Crippen molar-refractivity contribution in [2.75, 3.05) is 25.0 Å². The summed E-state index contributed by atoms with van der Waals surface area (Å²) in [5.74, 6) is -0.0907. The van der Waals surface area contributed by atoms with Crippen molar-refractivity contribution in [3.05, 3.63) is 40.7 Å². The lowest BCUT2D eigenvalue weighted by molar-refractivity contribution is 0.0971. The van der Waals surface area contributed by atoms with Gasteiger partial charge in [-0.05, 0) is 63.3 Å². The molecule has 166 valence electrons. The van der Waals surface area contributed by atoms with Gasteiger partial charge in [-0.25, -0.2) is 8.42 Å². The summed E-state index contributed by atoms with van der Waals surface area (Å²) in [5.41, 5.74) is 2.72. The Kier molecular flexibility index (Phi) is 5.90. The van der Waals surface area contributed by atoms with Crippen LogP contribution in [0.15, 0.2) is 23.1 Å². The first-order valence-electron chi connectivity index (χ1n) is 10.7. The first kappa shape index (κ1) is 21.6. The van der Waals surface area contributed by atoms with Gasteiger partial charge >= 0.3 is 0 Å². The number of benzene rings is 1. The maximum absolute atomic E-state index is 13.2. The Bertz CT molecular complexity index is 1130. The molecule has 0 spiro atoms. The van der Waals surface area contributed by atoms with Crippen LogP contribution in [0.2, 0.25) is 0 Å². The fraction of sp³-hybridized carbons (Fsp3) is 0.455. The number of sulfonamides is 1. The minimum Gasteiger partial charge on any atom is -0.492 e. The summed E-state index contributed by atoms with van der Waals surface area (Å²) in [7, 11) is -3.73. The standard InChI is InChI=1S/C22H27N3O5S/c1-3-30-18-10-9-15(13-19(18)31(28,29)25-11-4-5-12-25)23-22(27)21-14(2)20-16(24-21)7-6-8-17(20)26/h9-10,13,24H,3-8,11-12H2,1-2H3,(H,23,27). The fourth-order valence-electron chi connectivity index (χ4n) is 4.32. The molecular formula is C22H27N3O5S. The highest BCUT2D eigenvalue weighted by atomic mass is 32.2. The molecule has 1 aliphatic heterocycles. The zero-order valence-electron chi connectivity index (χ0n) is 17.8. The number of amides is 1. The lowest BCUT2D eigenvalue weighted by Gasteiger charge is -2.19. The van der Waals surface area contributed by atoms with Gasteiger partial charge in [0.1, 0.15) is 16.3 Å². The highest BCUT2D eigenvalue weighted by Gasteiger charge is 2.31. The highest BCUT2D eigenvalue weighted by molar-refractivity contribution is 7.89. The van der Waals surface area contributed by atoms with Crippen LogP contribution in [0.25, 0.3) is 0 Å². The normalized spacial score (nSPS) is 16.9. The molecule has 2 aliphatic rings. The van der Waals surface area contributed by atoms with Crippen LogP contribution in [-0.4, -0.2) is 49.1 Å². The number of ether oxygens (including phenoxy) is 1. The van der Waals surface area contributed by atoms with Crippen LogP contribution in [0.4, 0.5) is 5.69 Å². The molecule has 1 aliphatic carbocycles. The smallest absolute Gasteiger partial charge is 0.272 e. The molecule has 31 heavy (non-hydrogen) atoms. The summed E-state index contributed by atoms with van der Waals surface area (Å²) >= 11 is 0. The summed E-state index contributed by atoms with van der Waals surface area (Å²) in [6.07, 6.45) is 3.65. The molecule has 1 fully saturated rings. The summed E-state index contributed by atoms with van der Waals surface area (Å²) < 4.78 is 33.3. The van der Waals surface area contributed by atoms with Crippen LogP contribution in [-0.2, 0) is 16.4 Å². The van der Waals surface area contributed by atoms with E-state index in [4.69, 9.17) is 4.74 Å². The molecular weight excluding hydrogens is 418 g/mol. The van der Waals surface area contributed by atoms with Gasteiger partial charge in [-0.1, -0.05) is 0 Å². The molecule has 9 heteroatoms. The number of anilines is 1. The Balaban J connectivity index is 1.65. The molecule has 4 rings (SSSR count). The van der Waals surface area contributed by atoms with Crippen molar-refractivity contribution < 1.29 is 22.7 Å². The van der Waals surface area contributed by atoms with E-state index in [0.717, 1.165) is 31.4 Å². The van der Waals surface area contributed by atoms with Crippen LogP contribution in [0.1, 0.15) is 64.7 Å². The molecule has 1 aromatic carbocycles. The Labute approximate surface area is 182 Å². The number of Topliss-reactive ketones (excluding diaryl/α,β-unsaturated/α-hetero) is 1. The van der Waals surface area contributed by atoms with E-state index in [0.29, 0.717) is 48.6 Å². The molecule has 0 saturated carbocycles. The molecule has 0 radical (unpaired) electrons. The van der Waals surface area contributed by atoms with Crippen molar-refractivity contribution in [1.29, 1.82) is 0 Å². The van der Waals surface area contributed by atoms with Crippen molar-refractivity contribution in [1.82, 2.24) is 9.29 Å². The molecule has 1 aromatic heterocycles. The number of ketones is 1. The summed E-state index contributed by atoms with van der Waals surface area (Å²) in [6.45, 7) is 4.83. The second-order valence-corrected chi connectivity index (χ2v) is 9.82. The minimum atomic E-state index is -3.73.